The molecule has 0 bridgehead atoms. The smallest absolute Gasteiger partial charge is 0.252 e. The summed E-state index contributed by atoms with van der Waals surface area (Å²) in [6.07, 6.45) is 11.2. The molecule has 1 saturated heterocycles. The van der Waals surface area contributed by atoms with E-state index >= 15 is 0 Å². The molecule has 11 heteroatoms. The molecule has 2 amide bonds. The molecule has 3 aliphatic rings. The second-order valence-corrected chi connectivity index (χ2v) is 11.1. The maximum absolute atomic E-state index is 14.0. The first-order valence-electron chi connectivity index (χ1n) is 14.8. The highest BCUT2D eigenvalue weighted by Crippen LogP contribution is 2.45. The topological polar surface area (TPSA) is 119 Å². The number of amides is 2. The Labute approximate surface area is 257 Å². The van der Waals surface area contributed by atoms with Crippen LogP contribution in [0.25, 0.3) is 0 Å². The second kappa shape index (κ2) is 15.3. The van der Waals surface area contributed by atoms with Gasteiger partial charge in [-0.25, -0.2) is 9.37 Å². The minimum absolute atomic E-state index is 0.00299. The standard InChI is InChI=1S/C22H26FN3O3.C11H13N3O/c1-25-11-3-4-16-7-10-22(20(16)25,21(28)24-18-8-12-29-13-9-18)26(15-27)19-6-2-5-17(23)14-19;1-14(6-2-3-7-15)11-8-10(9-12)4-5-13-11/h2-6,14-15,18H,7-13H2,1H3,(H,24,28);4-5,7-8H,2-3,6H2,1H3. The molecular formula is C33H39FN6O4. The molecule has 1 N–H and O–H groups in total. The van der Waals surface area contributed by atoms with Crippen LogP contribution in [-0.2, 0) is 19.1 Å². The van der Waals surface area contributed by atoms with Crippen molar-refractivity contribution in [3.05, 3.63) is 77.4 Å². The Morgan fingerprint density at radius 1 is 1.27 bits per heavy atom. The van der Waals surface area contributed by atoms with Gasteiger partial charge in [-0.1, -0.05) is 18.2 Å². The van der Waals surface area contributed by atoms with E-state index in [9.17, 15) is 18.8 Å². The van der Waals surface area contributed by atoms with Gasteiger partial charge < -0.3 is 24.6 Å². The molecule has 1 atom stereocenters. The summed E-state index contributed by atoms with van der Waals surface area (Å²) in [6, 6.07) is 11.3. The Balaban J connectivity index is 0.000000249. The van der Waals surface area contributed by atoms with Crippen molar-refractivity contribution in [1.29, 1.82) is 5.26 Å². The molecule has 44 heavy (non-hydrogen) atoms. The summed E-state index contributed by atoms with van der Waals surface area (Å²) in [4.78, 5) is 45.7. The number of pyridine rings is 1. The zero-order valence-corrected chi connectivity index (χ0v) is 25.2. The Hall–Kier alpha value is -4.56. The lowest BCUT2D eigenvalue weighted by Gasteiger charge is -2.44. The van der Waals surface area contributed by atoms with Gasteiger partial charge in [0.25, 0.3) is 5.91 Å². The normalized spacial score (nSPS) is 19.3. The van der Waals surface area contributed by atoms with Gasteiger partial charge in [0, 0.05) is 64.7 Å². The lowest BCUT2D eigenvalue weighted by molar-refractivity contribution is -0.128. The van der Waals surface area contributed by atoms with Gasteiger partial charge in [-0.2, -0.15) is 5.26 Å². The van der Waals surface area contributed by atoms with Crippen LogP contribution in [0.15, 0.2) is 66.0 Å². The van der Waals surface area contributed by atoms with E-state index in [0.717, 1.165) is 49.2 Å². The fourth-order valence-electron chi connectivity index (χ4n) is 5.92. The molecule has 0 saturated carbocycles. The van der Waals surface area contributed by atoms with E-state index in [4.69, 9.17) is 10.00 Å². The van der Waals surface area contributed by atoms with Crippen LogP contribution in [0.4, 0.5) is 15.9 Å². The van der Waals surface area contributed by atoms with Crippen molar-refractivity contribution in [2.75, 3.05) is 50.2 Å². The average molecular weight is 603 g/mol. The van der Waals surface area contributed by atoms with E-state index in [0.29, 0.717) is 56.7 Å². The monoisotopic (exact) mass is 602 g/mol. The maximum Gasteiger partial charge on any atom is 0.252 e. The molecule has 0 spiro atoms. The predicted molar refractivity (Wildman–Crippen MR) is 165 cm³/mol. The molecule has 1 aromatic carbocycles. The van der Waals surface area contributed by atoms with Gasteiger partial charge in [0.2, 0.25) is 6.41 Å². The summed E-state index contributed by atoms with van der Waals surface area (Å²) in [7, 11) is 3.82. The fourth-order valence-corrected chi connectivity index (χ4v) is 5.92. The number of halogens is 1. The van der Waals surface area contributed by atoms with Crippen molar-refractivity contribution in [2.24, 2.45) is 0 Å². The number of hydrogen-bond donors (Lipinski definition) is 1. The van der Waals surface area contributed by atoms with Crippen LogP contribution in [0.1, 0.15) is 44.1 Å². The van der Waals surface area contributed by atoms with Gasteiger partial charge >= 0.3 is 0 Å². The first-order chi connectivity index (χ1) is 21.3. The average Bonchev–Trinajstić information content (AvgIpc) is 3.44. The van der Waals surface area contributed by atoms with E-state index in [1.54, 1.807) is 30.5 Å². The summed E-state index contributed by atoms with van der Waals surface area (Å²) >= 11 is 0. The quantitative estimate of drug-likeness (QED) is 0.323. The molecular weight excluding hydrogens is 563 g/mol. The van der Waals surface area contributed by atoms with Gasteiger partial charge in [-0.3, -0.25) is 14.5 Å². The molecule has 1 unspecified atom stereocenters. The Kier molecular flexibility index (Phi) is 11.2. The number of benzene rings is 1. The molecule has 0 radical (unpaired) electrons. The number of allylic oxidation sites excluding steroid dienone is 2. The van der Waals surface area contributed by atoms with Crippen LogP contribution in [0.5, 0.6) is 0 Å². The van der Waals surface area contributed by atoms with E-state index in [2.05, 4.69) is 22.4 Å². The van der Waals surface area contributed by atoms with Crippen molar-refractivity contribution in [3.63, 3.8) is 0 Å². The third-order valence-corrected chi connectivity index (χ3v) is 8.15. The molecule has 5 rings (SSSR count). The number of carbonyl (C=O) groups excluding carboxylic acids is 3. The summed E-state index contributed by atoms with van der Waals surface area (Å²) in [5.74, 6) is 0.103. The van der Waals surface area contributed by atoms with Crippen molar-refractivity contribution in [2.45, 2.75) is 50.1 Å². The minimum atomic E-state index is -1.21. The predicted octanol–water partition coefficient (Wildman–Crippen LogP) is 3.74. The van der Waals surface area contributed by atoms with Crippen molar-refractivity contribution >= 4 is 30.1 Å². The Morgan fingerprint density at radius 2 is 2.07 bits per heavy atom. The van der Waals surface area contributed by atoms with Gasteiger partial charge in [0.15, 0.2) is 5.54 Å². The highest BCUT2D eigenvalue weighted by Gasteiger charge is 2.54. The van der Waals surface area contributed by atoms with Gasteiger partial charge in [-0.15, -0.1) is 0 Å². The van der Waals surface area contributed by atoms with Gasteiger partial charge in [-0.05, 0) is 68.0 Å². The van der Waals surface area contributed by atoms with Crippen LogP contribution < -0.4 is 15.1 Å². The number of aldehydes is 1. The number of anilines is 2. The van der Waals surface area contributed by atoms with Crippen LogP contribution in [0, 0.1) is 17.1 Å². The molecule has 2 aliphatic heterocycles. The van der Waals surface area contributed by atoms with E-state index in [1.807, 2.05) is 30.0 Å². The number of aromatic nitrogens is 1. The van der Waals surface area contributed by atoms with Crippen LogP contribution in [-0.4, -0.2) is 80.5 Å². The lowest BCUT2D eigenvalue weighted by atomic mass is 9.89. The van der Waals surface area contributed by atoms with E-state index < -0.39 is 11.4 Å². The van der Waals surface area contributed by atoms with Gasteiger partial charge in [0.1, 0.15) is 17.9 Å². The zero-order valence-electron chi connectivity index (χ0n) is 25.2. The van der Waals surface area contributed by atoms with Crippen LogP contribution in [0.2, 0.25) is 0 Å². The first-order valence-corrected chi connectivity index (χ1v) is 14.8. The first kappa shape index (κ1) is 32.4. The molecule has 1 aromatic heterocycles. The largest absolute Gasteiger partial charge is 0.381 e. The zero-order chi connectivity index (χ0) is 31.5. The summed E-state index contributed by atoms with van der Waals surface area (Å²) in [5.41, 5.74) is 1.63. The summed E-state index contributed by atoms with van der Waals surface area (Å²) < 4.78 is 19.4. The Morgan fingerprint density at radius 3 is 2.77 bits per heavy atom. The SMILES string of the molecule is CN(CCCC=O)c1cc(C#N)ccn1.CN1CC=CC2=C1C(C(=O)NC1CCOCC1)(N(C=O)c1cccc(F)c1)CC2. The number of nitrogens with one attached hydrogen (secondary N) is 1. The number of nitrogens with zero attached hydrogens (tertiary/aromatic N) is 5. The molecule has 2 aromatic rings. The van der Waals surface area contributed by atoms with Crippen molar-refractivity contribution in [1.82, 2.24) is 15.2 Å². The molecule has 1 aliphatic carbocycles. The number of rotatable bonds is 10. The lowest BCUT2D eigenvalue weighted by Crippen LogP contribution is -2.63. The molecule has 1 fully saturated rings. The van der Waals surface area contributed by atoms with Crippen molar-refractivity contribution in [3.8, 4) is 6.07 Å². The number of hydrogen-bond acceptors (Lipinski definition) is 8. The fraction of sp³-hybridized carbons (Fsp3) is 0.424. The highest BCUT2D eigenvalue weighted by molar-refractivity contribution is 6.00. The number of ether oxygens (including phenoxy) is 1. The second-order valence-electron chi connectivity index (χ2n) is 11.1. The Bertz CT molecular complexity index is 1430. The summed E-state index contributed by atoms with van der Waals surface area (Å²) in [6.45, 7) is 2.63. The third kappa shape index (κ3) is 7.32. The number of unbranched alkanes of at least 4 members (excludes halogenated alkanes) is 1. The third-order valence-electron chi connectivity index (χ3n) is 8.15. The van der Waals surface area contributed by atoms with E-state index in [-0.39, 0.29) is 11.9 Å². The van der Waals surface area contributed by atoms with Crippen LogP contribution in [0.3, 0.4) is 0 Å². The van der Waals surface area contributed by atoms with E-state index in [1.165, 1.54) is 17.0 Å². The molecule has 10 nitrogen and oxygen atoms in total. The van der Waals surface area contributed by atoms with Gasteiger partial charge in [0.05, 0.1) is 17.3 Å². The number of nitriles is 1. The molecule has 3 heterocycles. The number of likely N-dealkylation sites (N-methyl/N-ethyl adjacent to an activating group) is 1. The highest BCUT2D eigenvalue weighted by atomic mass is 19.1. The number of carbonyl (C=O) groups is 3. The molecule has 232 valence electrons. The maximum atomic E-state index is 14.0. The van der Waals surface area contributed by atoms with Crippen LogP contribution >= 0.6 is 0 Å². The minimum Gasteiger partial charge on any atom is -0.381 e. The summed E-state index contributed by atoms with van der Waals surface area (Å²) in [5, 5.41) is 11.9. The van der Waals surface area contributed by atoms with Crippen molar-refractivity contribution < 1.29 is 23.5 Å².